The maximum Gasteiger partial charge on any atom is 0.344 e. The maximum absolute atomic E-state index is 13.7. The number of fused-ring (bicyclic) bond motifs is 1. The Morgan fingerprint density at radius 2 is 1.74 bits per heavy atom. The van der Waals surface area contributed by atoms with Crippen LogP contribution in [0, 0.1) is 20.8 Å². The maximum atomic E-state index is 13.7. The van der Waals surface area contributed by atoms with Crippen LogP contribution in [0.4, 0.5) is 0 Å². The van der Waals surface area contributed by atoms with Gasteiger partial charge in [-0.15, -0.1) is 11.3 Å². The molecule has 214 valence electrons. The summed E-state index contributed by atoms with van der Waals surface area (Å²) < 4.78 is 47.4. The molecule has 0 spiro atoms. The van der Waals surface area contributed by atoms with E-state index in [1.54, 1.807) is 26.8 Å². The van der Waals surface area contributed by atoms with Crippen molar-refractivity contribution in [2.45, 2.75) is 77.7 Å². The van der Waals surface area contributed by atoms with Gasteiger partial charge in [-0.05, 0) is 107 Å². The Hall–Kier alpha value is -2.33. The number of aryl methyl sites for hydroxylation is 3. The summed E-state index contributed by atoms with van der Waals surface area (Å²) in [5.74, 6) is 0.754. The number of sulfonamides is 1. The van der Waals surface area contributed by atoms with Gasteiger partial charge < -0.3 is 14.2 Å². The highest BCUT2D eigenvalue weighted by Gasteiger charge is 2.30. The number of nitrogens with zero attached hydrogens (tertiary/aromatic N) is 1. The quantitative estimate of drug-likeness (QED) is 0.221. The zero-order valence-corrected chi connectivity index (χ0v) is 26.3. The van der Waals surface area contributed by atoms with Gasteiger partial charge in [-0.3, -0.25) is 0 Å². The van der Waals surface area contributed by atoms with Crippen LogP contribution in [0.1, 0.15) is 57.7 Å². The minimum absolute atomic E-state index is 0.192. The van der Waals surface area contributed by atoms with Gasteiger partial charge in [0.05, 0.1) is 6.54 Å². The van der Waals surface area contributed by atoms with Crippen molar-refractivity contribution in [2.75, 3.05) is 19.7 Å². The summed E-state index contributed by atoms with van der Waals surface area (Å²) in [5, 5.41) is 1.43. The van der Waals surface area contributed by atoms with E-state index in [0.717, 1.165) is 21.2 Å². The first-order chi connectivity index (χ1) is 18.1. The Balaban J connectivity index is 1.75. The molecule has 0 bridgehead atoms. The molecule has 0 saturated heterocycles. The van der Waals surface area contributed by atoms with E-state index in [4.69, 9.17) is 25.8 Å². The molecule has 0 N–H and O–H groups in total. The molecular weight excluding hydrogens is 558 g/mol. The first-order valence-corrected chi connectivity index (χ1v) is 15.6. The Bertz CT molecular complexity index is 1420. The first kappa shape index (κ1) is 31.2. The number of halogens is 1. The molecule has 0 aliphatic carbocycles. The number of carbonyl (C=O) groups excluding carboxylic acids is 1. The lowest BCUT2D eigenvalue weighted by atomic mass is 10.1. The van der Waals surface area contributed by atoms with Crippen LogP contribution >= 0.6 is 22.9 Å². The summed E-state index contributed by atoms with van der Waals surface area (Å²) in [6, 6.07) is 9.09. The van der Waals surface area contributed by atoms with Gasteiger partial charge in [0, 0.05) is 16.3 Å². The number of benzene rings is 2. The zero-order valence-electron chi connectivity index (χ0n) is 23.9. The second kappa shape index (κ2) is 12.5. The molecule has 0 amide bonds. The predicted molar refractivity (Wildman–Crippen MR) is 158 cm³/mol. The molecular formula is C29H38ClNO6S2. The number of carbonyl (C=O) groups is 1. The summed E-state index contributed by atoms with van der Waals surface area (Å²) in [6.07, 6.45) is 0.256. The molecule has 2 aromatic carbocycles. The molecule has 3 aromatic rings. The summed E-state index contributed by atoms with van der Waals surface area (Å²) in [5.41, 5.74) is 1.73. The number of hydrogen-bond donors (Lipinski definition) is 0. The Kier molecular flexibility index (Phi) is 9.97. The summed E-state index contributed by atoms with van der Waals surface area (Å²) >= 11 is 7.42. The van der Waals surface area contributed by atoms with Crippen LogP contribution in [-0.4, -0.2) is 50.1 Å². The average molecular weight is 596 g/mol. The van der Waals surface area contributed by atoms with Crippen molar-refractivity contribution in [1.82, 2.24) is 4.31 Å². The van der Waals surface area contributed by atoms with Crippen molar-refractivity contribution < 1.29 is 27.4 Å². The van der Waals surface area contributed by atoms with E-state index in [1.807, 2.05) is 58.9 Å². The molecule has 39 heavy (non-hydrogen) atoms. The Morgan fingerprint density at radius 1 is 1.10 bits per heavy atom. The highest BCUT2D eigenvalue weighted by Crippen LogP contribution is 2.37. The van der Waals surface area contributed by atoms with E-state index >= 15 is 0 Å². The zero-order chi connectivity index (χ0) is 29.1. The van der Waals surface area contributed by atoms with Crippen molar-refractivity contribution in [2.24, 2.45) is 0 Å². The second-order valence-electron chi connectivity index (χ2n) is 10.7. The van der Waals surface area contributed by atoms with Crippen LogP contribution in [-0.2, 0) is 19.6 Å². The molecule has 1 aromatic heterocycles. The van der Waals surface area contributed by atoms with Gasteiger partial charge in [0.1, 0.15) is 27.4 Å². The molecule has 0 aliphatic rings. The highest BCUT2D eigenvalue weighted by molar-refractivity contribution is 7.91. The van der Waals surface area contributed by atoms with Gasteiger partial charge in [-0.2, -0.15) is 4.31 Å². The van der Waals surface area contributed by atoms with E-state index in [0.29, 0.717) is 39.3 Å². The molecule has 0 fully saturated rings. The SMILES string of the molecule is CCCN(CC(C)Oc1cc(C)c(OCC(=O)OC(C)(C)C)c(C)c1)S(=O)(=O)c1sc2ccc(Cl)cc2c1C. The average Bonchev–Trinajstić information content (AvgIpc) is 3.13. The van der Waals surface area contributed by atoms with Crippen LogP contribution in [0.5, 0.6) is 11.5 Å². The fraction of sp³-hybridized carbons (Fsp3) is 0.483. The number of rotatable bonds is 11. The van der Waals surface area contributed by atoms with Crippen LogP contribution in [0.15, 0.2) is 34.5 Å². The van der Waals surface area contributed by atoms with Gasteiger partial charge in [-0.25, -0.2) is 13.2 Å². The van der Waals surface area contributed by atoms with Crippen molar-refractivity contribution in [3.63, 3.8) is 0 Å². The van der Waals surface area contributed by atoms with Gasteiger partial charge in [0.2, 0.25) is 0 Å². The third kappa shape index (κ3) is 7.87. The largest absolute Gasteiger partial charge is 0.489 e. The van der Waals surface area contributed by atoms with E-state index in [2.05, 4.69) is 0 Å². The molecule has 0 radical (unpaired) electrons. The number of thiophene rings is 1. The molecule has 1 unspecified atom stereocenters. The van der Waals surface area contributed by atoms with Crippen LogP contribution in [0.2, 0.25) is 5.02 Å². The normalized spacial score (nSPS) is 13.1. The fourth-order valence-electron chi connectivity index (χ4n) is 4.36. The monoisotopic (exact) mass is 595 g/mol. The van der Waals surface area contributed by atoms with Gasteiger partial charge in [0.15, 0.2) is 6.61 Å². The lowest BCUT2D eigenvalue weighted by Crippen LogP contribution is -2.39. The highest BCUT2D eigenvalue weighted by atomic mass is 35.5. The summed E-state index contributed by atoms with van der Waals surface area (Å²) in [6.45, 7) is 15.2. The van der Waals surface area contributed by atoms with Gasteiger partial charge >= 0.3 is 5.97 Å². The molecule has 0 saturated carbocycles. The topological polar surface area (TPSA) is 82.1 Å². The van der Waals surface area contributed by atoms with E-state index in [1.165, 1.54) is 15.6 Å². The van der Waals surface area contributed by atoms with Gasteiger partial charge in [-0.1, -0.05) is 18.5 Å². The molecule has 7 nitrogen and oxygen atoms in total. The Morgan fingerprint density at radius 3 is 2.33 bits per heavy atom. The van der Waals surface area contributed by atoms with Crippen molar-refractivity contribution in [1.29, 1.82) is 0 Å². The Labute approximate surface area is 241 Å². The number of ether oxygens (including phenoxy) is 3. The van der Waals surface area contributed by atoms with Crippen LogP contribution in [0.25, 0.3) is 10.1 Å². The minimum Gasteiger partial charge on any atom is -0.489 e. The smallest absolute Gasteiger partial charge is 0.344 e. The molecule has 3 rings (SSSR count). The van der Waals surface area contributed by atoms with Crippen molar-refractivity contribution in [3.8, 4) is 11.5 Å². The molecule has 1 heterocycles. The lowest BCUT2D eigenvalue weighted by Gasteiger charge is -2.26. The van der Waals surface area contributed by atoms with Crippen LogP contribution in [0.3, 0.4) is 0 Å². The fourth-order valence-corrected chi connectivity index (χ4v) is 8.02. The lowest BCUT2D eigenvalue weighted by molar-refractivity contribution is -0.157. The van der Waals surface area contributed by atoms with E-state index < -0.39 is 27.7 Å². The van der Waals surface area contributed by atoms with Crippen LogP contribution < -0.4 is 9.47 Å². The number of hydrogen-bond acceptors (Lipinski definition) is 7. The van der Waals surface area contributed by atoms with Gasteiger partial charge in [0.25, 0.3) is 10.0 Å². The van der Waals surface area contributed by atoms with E-state index in [9.17, 15) is 13.2 Å². The minimum atomic E-state index is -3.74. The third-order valence-corrected chi connectivity index (χ3v) is 9.86. The second-order valence-corrected chi connectivity index (χ2v) is 14.3. The van der Waals surface area contributed by atoms with Crippen molar-refractivity contribution in [3.05, 3.63) is 52.0 Å². The molecule has 10 heteroatoms. The third-order valence-electron chi connectivity index (χ3n) is 5.89. The summed E-state index contributed by atoms with van der Waals surface area (Å²) in [4.78, 5) is 12.1. The molecule has 0 aliphatic heterocycles. The molecule has 1 atom stereocenters. The predicted octanol–water partition coefficient (Wildman–Crippen LogP) is 7.07. The van der Waals surface area contributed by atoms with Crippen molar-refractivity contribution >= 4 is 49.0 Å². The number of esters is 1. The first-order valence-electron chi connectivity index (χ1n) is 12.9. The standard InChI is InChI=1S/C29H38ClNO6S2/c1-9-12-31(39(33,34)28-21(5)24-15-22(30)10-11-25(24)38-28)16-20(4)36-23-13-18(2)27(19(3)14-23)35-17-26(32)37-29(6,7)8/h10-11,13-15,20H,9,12,16-17H2,1-8H3. The summed E-state index contributed by atoms with van der Waals surface area (Å²) in [7, 11) is -3.74. The van der Waals surface area contributed by atoms with E-state index in [-0.39, 0.29) is 13.2 Å².